The smallest absolute Gasteiger partial charge is 0.227 e. The van der Waals surface area contributed by atoms with Crippen molar-refractivity contribution in [1.82, 2.24) is 9.80 Å². The second-order valence-corrected chi connectivity index (χ2v) is 8.48. The number of carbonyl (C=O) groups excluding carboxylic acids is 2. The van der Waals surface area contributed by atoms with Gasteiger partial charge in [0.2, 0.25) is 11.8 Å². The van der Waals surface area contributed by atoms with Gasteiger partial charge in [-0.05, 0) is 60.6 Å². The highest BCUT2D eigenvalue weighted by Crippen LogP contribution is 2.32. The van der Waals surface area contributed by atoms with E-state index in [9.17, 15) is 14.0 Å². The summed E-state index contributed by atoms with van der Waals surface area (Å²) in [5, 5.41) is 0. The van der Waals surface area contributed by atoms with E-state index in [0.29, 0.717) is 32.0 Å². The predicted octanol–water partition coefficient (Wildman–Crippen LogP) is 3.46. The summed E-state index contributed by atoms with van der Waals surface area (Å²) in [6.07, 6.45) is 3.30. The van der Waals surface area contributed by atoms with Crippen molar-refractivity contribution in [2.45, 2.75) is 38.1 Å². The Hall–Kier alpha value is -2.89. The number of fused-ring (bicyclic) bond motifs is 1. The molecule has 0 aromatic heterocycles. The first-order valence-corrected chi connectivity index (χ1v) is 11.0. The van der Waals surface area contributed by atoms with Gasteiger partial charge in [-0.3, -0.25) is 9.59 Å². The molecule has 6 heteroatoms. The van der Waals surface area contributed by atoms with Crippen LogP contribution in [-0.2, 0) is 22.4 Å². The number of likely N-dealkylation sites (tertiary alicyclic amines) is 2. The van der Waals surface area contributed by atoms with Gasteiger partial charge in [0.25, 0.3) is 0 Å². The number of piperidine rings is 2. The molecule has 5 nitrogen and oxygen atoms in total. The molecule has 164 valence electrons. The topological polar surface area (TPSA) is 49.9 Å². The van der Waals surface area contributed by atoms with Crippen LogP contribution in [0, 0.1) is 11.7 Å². The summed E-state index contributed by atoms with van der Waals surface area (Å²) >= 11 is 0. The molecule has 0 N–H and O–H groups in total. The van der Waals surface area contributed by atoms with Crippen molar-refractivity contribution in [2.24, 2.45) is 5.92 Å². The number of benzene rings is 2. The minimum Gasteiger partial charge on any atom is -0.497 e. The highest BCUT2D eigenvalue weighted by Gasteiger charge is 2.40. The number of ether oxygens (including phenoxy) is 1. The van der Waals surface area contributed by atoms with Crippen LogP contribution in [-0.4, -0.2) is 54.4 Å². The van der Waals surface area contributed by atoms with Crippen LogP contribution in [0.25, 0.3) is 0 Å². The molecule has 2 saturated heterocycles. The molecular formula is C25H29FN2O3. The fraction of sp³-hybridized carbons (Fsp3) is 0.440. The standard InChI is InChI=1S/C25H29FN2O3/c1-31-22-9-4-18(5-10-22)12-15-28-23-13-14-27(17-20(23)6-11-24(28)29)25(30)16-19-2-7-21(26)8-3-19/h2-5,7-10,20,23H,6,11-17H2,1H3/t20-,23+/m1/s1. The van der Waals surface area contributed by atoms with Crippen molar-refractivity contribution in [2.75, 3.05) is 26.7 Å². The molecule has 31 heavy (non-hydrogen) atoms. The summed E-state index contributed by atoms with van der Waals surface area (Å²) in [6, 6.07) is 14.3. The minimum absolute atomic E-state index is 0.0757. The number of hydrogen-bond acceptors (Lipinski definition) is 3. The van der Waals surface area contributed by atoms with Crippen LogP contribution in [0.3, 0.4) is 0 Å². The quantitative estimate of drug-likeness (QED) is 0.714. The van der Waals surface area contributed by atoms with Gasteiger partial charge in [0, 0.05) is 32.1 Å². The molecule has 2 aliphatic rings. The van der Waals surface area contributed by atoms with E-state index in [1.54, 1.807) is 19.2 Å². The molecule has 2 fully saturated rings. The van der Waals surface area contributed by atoms with Crippen molar-refractivity contribution in [1.29, 1.82) is 0 Å². The van der Waals surface area contributed by atoms with E-state index in [0.717, 1.165) is 30.6 Å². The molecule has 0 unspecified atom stereocenters. The lowest BCUT2D eigenvalue weighted by atomic mass is 9.83. The molecule has 2 atom stereocenters. The number of nitrogens with zero attached hydrogens (tertiary/aromatic N) is 2. The Morgan fingerprint density at radius 3 is 2.48 bits per heavy atom. The van der Waals surface area contributed by atoms with E-state index in [2.05, 4.69) is 0 Å². The van der Waals surface area contributed by atoms with Crippen molar-refractivity contribution in [3.05, 3.63) is 65.5 Å². The van der Waals surface area contributed by atoms with Crippen LogP contribution in [0.1, 0.15) is 30.4 Å². The maximum Gasteiger partial charge on any atom is 0.227 e. The maximum atomic E-state index is 13.1. The van der Waals surface area contributed by atoms with Gasteiger partial charge < -0.3 is 14.5 Å². The van der Waals surface area contributed by atoms with Crippen LogP contribution in [0.2, 0.25) is 0 Å². The third kappa shape index (κ3) is 5.06. The number of methoxy groups -OCH3 is 1. The molecule has 0 aliphatic carbocycles. The Morgan fingerprint density at radius 2 is 1.77 bits per heavy atom. The molecule has 2 heterocycles. The number of amides is 2. The average Bonchev–Trinajstić information content (AvgIpc) is 2.80. The zero-order chi connectivity index (χ0) is 21.8. The van der Waals surface area contributed by atoms with Gasteiger partial charge in [-0.25, -0.2) is 4.39 Å². The van der Waals surface area contributed by atoms with Gasteiger partial charge >= 0.3 is 0 Å². The zero-order valence-electron chi connectivity index (χ0n) is 17.9. The van der Waals surface area contributed by atoms with Crippen LogP contribution >= 0.6 is 0 Å². The number of hydrogen-bond donors (Lipinski definition) is 0. The van der Waals surface area contributed by atoms with Crippen LogP contribution in [0.4, 0.5) is 4.39 Å². The van der Waals surface area contributed by atoms with Crippen molar-refractivity contribution < 1.29 is 18.7 Å². The molecule has 0 saturated carbocycles. The zero-order valence-corrected chi connectivity index (χ0v) is 17.9. The van der Waals surface area contributed by atoms with Gasteiger partial charge in [-0.1, -0.05) is 24.3 Å². The summed E-state index contributed by atoms with van der Waals surface area (Å²) in [5.41, 5.74) is 2.01. The molecule has 2 aliphatic heterocycles. The van der Waals surface area contributed by atoms with E-state index in [4.69, 9.17) is 4.74 Å². The lowest BCUT2D eigenvalue weighted by Gasteiger charge is -2.47. The van der Waals surface area contributed by atoms with Gasteiger partial charge in [-0.15, -0.1) is 0 Å². The summed E-state index contributed by atoms with van der Waals surface area (Å²) in [4.78, 5) is 29.4. The van der Waals surface area contributed by atoms with E-state index in [1.807, 2.05) is 34.1 Å². The van der Waals surface area contributed by atoms with Crippen LogP contribution in [0.15, 0.2) is 48.5 Å². The monoisotopic (exact) mass is 424 g/mol. The Labute approximate surface area is 182 Å². The van der Waals surface area contributed by atoms with Crippen molar-refractivity contribution in [3.8, 4) is 5.75 Å². The lowest BCUT2D eigenvalue weighted by Crippen LogP contribution is -2.57. The Kier molecular flexibility index (Phi) is 6.54. The molecule has 0 spiro atoms. The van der Waals surface area contributed by atoms with Crippen LogP contribution < -0.4 is 4.74 Å². The predicted molar refractivity (Wildman–Crippen MR) is 116 cm³/mol. The third-order valence-electron chi connectivity index (χ3n) is 6.57. The maximum absolute atomic E-state index is 13.1. The number of rotatable bonds is 6. The Balaban J connectivity index is 1.34. The van der Waals surface area contributed by atoms with E-state index < -0.39 is 0 Å². The van der Waals surface area contributed by atoms with Gasteiger partial charge in [0.1, 0.15) is 11.6 Å². The second-order valence-electron chi connectivity index (χ2n) is 8.48. The molecule has 2 aromatic rings. The van der Waals surface area contributed by atoms with Gasteiger partial charge in [0.05, 0.1) is 13.5 Å². The second kappa shape index (κ2) is 9.50. The fourth-order valence-corrected chi connectivity index (χ4v) is 4.80. The van der Waals surface area contributed by atoms with Crippen molar-refractivity contribution >= 4 is 11.8 Å². The normalized spacial score (nSPS) is 21.0. The minimum atomic E-state index is -0.293. The lowest BCUT2D eigenvalue weighted by molar-refractivity contribution is -0.143. The molecule has 0 bridgehead atoms. The molecule has 0 radical (unpaired) electrons. The fourth-order valence-electron chi connectivity index (χ4n) is 4.80. The van der Waals surface area contributed by atoms with Gasteiger partial charge in [0.15, 0.2) is 0 Å². The summed E-state index contributed by atoms with van der Waals surface area (Å²) in [6.45, 7) is 2.06. The van der Waals surface area contributed by atoms with E-state index in [-0.39, 0.29) is 30.1 Å². The molecule has 4 rings (SSSR count). The first-order valence-electron chi connectivity index (χ1n) is 11.0. The van der Waals surface area contributed by atoms with E-state index in [1.165, 1.54) is 17.7 Å². The largest absolute Gasteiger partial charge is 0.497 e. The molecular weight excluding hydrogens is 395 g/mol. The highest BCUT2D eigenvalue weighted by molar-refractivity contribution is 5.80. The Morgan fingerprint density at radius 1 is 1.06 bits per heavy atom. The number of halogens is 1. The average molecular weight is 425 g/mol. The van der Waals surface area contributed by atoms with Crippen molar-refractivity contribution in [3.63, 3.8) is 0 Å². The number of carbonyl (C=O) groups is 2. The molecule has 2 amide bonds. The Bertz CT molecular complexity index is 913. The summed E-state index contributed by atoms with van der Waals surface area (Å²) in [7, 11) is 1.65. The molecule has 2 aromatic carbocycles. The van der Waals surface area contributed by atoms with Crippen LogP contribution in [0.5, 0.6) is 5.75 Å². The van der Waals surface area contributed by atoms with Gasteiger partial charge in [-0.2, -0.15) is 0 Å². The third-order valence-corrected chi connectivity index (χ3v) is 6.57. The summed E-state index contributed by atoms with van der Waals surface area (Å²) < 4.78 is 18.3. The first-order chi connectivity index (χ1) is 15.0. The highest BCUT2D eigenvalue weighted by atomic mass is 19.1. The SMILES string of the molecule is COc1ccc(CCN2C(=O)CC[C@@H]3CN(C(=O)Cc4ccc(F)cc4)CC[C@@H]32)cc1. The summed E-state index contributed by atoms with van der Waals surface area (Å²) in [5.74, 6) is 1.15. The van der Waals surface area contributed by atoms with E-state index >= 15 is 0 Å². The first kappa shape index (κ1) is 21.3.